The predicted octanol–water partition coefficient (Wildman–Crippen LogP) is 1.47. The first kappa shape index (κ1) is 19.0. The molecule has 0 unspecified atom stereocenters. The number of alkyl halides is 1. The molecule has 1 fully saturated rings. The minimum atomic E-state index is -1.08. The van der Waals surface area contributed by atoms with Crippen LogP contribution < -0.4 is 16.0 Å². The van der Waals surface area contributed by atoms with Crippen LogP contribution in [-0.4, -0.2) is 46.8 Å². The number of fused-ring (bicyclic) bond motifs is 1. The molecule has 7 nitrogen and oxygen atoms in total. The lowest BCUT2D eigenvalue weighted by molar-refractivity contribution is -0.122. The van der Waals surface area contributed by atoms with Crippen LogP contribution in [0.25, 0.3) is 11.0 Å². The van der Waals surface area contributed by atoms with Crippen molar-refractivity contribution in [2.45, 2.75) is 44.6 Å². The van der Waals surface area contributed by atoms with Crippen molar-refractivity contribution in [3.05, 3.63) is 24.0 Å². The van der Waals surface area contributed by atoms with E-state index < -0.39 is 18.0 Å². The summed E-state index contributed by atoms with van der Waals surface area (Å²) in [5.74, 6) is -0.291. The molecule has 3 rings (SSSR count). The Labute approximate surface area is 155 Å². The summed E-state index contributed by atoms with van der Waals surface area (Å²) in [4.78, 5) is 18.8. The Morgan fingerprint density at radius 2 is 2.33 bits per heavy atom. The summed E-state index contributed by atoms with van der Waals surface area (Å²) in [6.45, 7) is 2.32. The summed E-state index contributed by atoms with van der Waals surface area (Å²) < 4.78 is 29.1. The number of imidazole rings is 1. The molecule has 1 amide bonds. The van der Waals surface area contributed by atoms with Crippen molar-refractivity contribution < 1.29 is 13.6 Å². The van der Waals surface area contributed by atoms with Gasteiger partial charge in [-0.1, -0.05) is 0 Å². The highest BCUT2D eigenvalue weighted by Crippen LogP contribution is 2.26. The molecular formula is C18H22F2N6O. The fraction of sp³-hybridized carbons (Fsp3) is 0.500. The van der Waals surface area contributed by atoms with Crippen molar-refractivity contribution in [1.29, 1.82) is 5.26 Å². The highest BCUT2D eigenvalue weighted by atomic mass is 19.1. The predicted molar refractivity (Wildman–Crippen MR) is 97.2 cm³/mol. The van der Waals surface area contributed by atoms with Gasteiger partial charge in [-0.15, -0.1) is 0 Å². The topological polar surface area (TPSA) is 100.0 Å². The standard InChI is InChI=1S/C18H22F2N6O/c1-11(4-6-21)23-17(27)10-26-16-8-12(19)2-3-15(16)24-18(26)25-7-5-13(20)14(22)9-25/h2-3,8,11,13-14H,4-5,7,9-10,22H2,1H3,(H,23,27)/t11-,13-,14-/m1/s1. The number of rotatable bonds is 5. The molecule has 0 aliphatic carbocycles. The third-order valence-corrected chi connectivity index (χ3v) is 4.65. The second-order valence-corrected chi connectivity index (χ2v) is 6.88. The number of carbonyl (C=O) groups excluding carboxylic acids is 1. The van der Waals surface area contributed by atoms with Crippen molar-refractivity contribution >= 4 is 22.9 Å². The maximum Gasteiger partial charge on any atom is 0.240 e. The Morgan fingerprint density at radius 1 is 1.56 bits per heavy atom. The van der Waals surface area contributed by atoms with E-state index in [-0.39, 0.29) is 37.9 Å². The molecule has 144 valence electrons. The van der Waals surface area contributed by atoms with Gasteiger partial charge in [-0.2, -0.15) is 5.26 Å². The van der Waals surface area contributed by atoms with Gasteiger partial charge >= 0.3 is 0 Å². The third kappa shape index (κ3) is 4.17. The van der Waals surface area contributed by atoms with E-state index in [0.717, 1.165) is 0 Å². The van der Waals surface area contributed by atoms with Gasteiger partial charge in [0.15, 0.2) is 0 Å². The maximum atomic E-state index is 13.8. The number of halogens is 2. The Kier molecular flexibility index (Phi) is 5.56. The van der Waals surface area contributed by atoms with E-state index in [2.05, 4.69) is 10.3 Å². The summed E-state index contributed by atoms with van der Waals surface area (Å²) in [6.07, 6.45) is -0.618. The first-order chi connectivity index (χ1) is 12.9. The maximum absolute atomic E-state index is 13.8. The van der Waals surface area contributed by atoms with Gasteiger partial charge in [0.1, 0.15) is 18.5 Å². The molecule has 2 aromatic rings. The molecule has 9 heteroatoms. The lowest BCUT2D eigenvalue weighted by Gasteiger charge is -2.34. The monoisotopic (exact) mass is 376 g/mol. The molecule has 1 aromatic carbocycles. The number of nitriles is 1. The van der Waals surface area contributed by atoms with Gasteiger partial charge in [0.25, 0.3) is 0 Å². The minimum absolute atomic E-state index is 0.0875. The molecule has 0 saturated carbocycles. The molecule has 3 N–H and O–H groups in total. The number of hydrogen-bond donors (Lipinski definition) is 2. The number of benzene rings is 1. The van der Waals surface area contributed by atoms with E-state index in [1.165, 1.54) is 12.1 Å². The second kappa shape index (κ2) is 7.88. The molecule has 0 spiro atoms. The molecule has 1 aliphatic rings. The third-order valence-electron chi connectivity index (χ3n) is 4.65. The van der Waals surface area contributed by atoms with Crippen LogP contribution in [0.4, 0.5) is 14.7 Å². The SMILES string of the molecule is C[C@H](CC#N)NC(=O)Cn1c(N2CC[C@@H](F)[C@H](N)C2)nc2ccc(F)cc21. The number of nitrogens with zero attached hydrogens (tertiary/aromatic N) is 4. The van der Waals surface area contributed by atoms with Crippen LogP contribution in [0.5, 0.6) is 0 Å². The van der Waals surface area contributed by atoms with Crippen LogP contribution in [0.3, 0.4) is 0 Å². The summed E-state index contributed by atoms with van der Waals surface area (Å²) in [5.41, 5.74) is 6.87. The van der Waals surface area contributed by atoms with E-state index in [4.69, 9.17) is 11.0 Å². The lowest BCUT2D eigenvalue weighted by atomic mass is 10.1. The zero-order chi connectivity index (χ0) is 19.6. The van der Waals surface area contributed by atoms with Crippen molar-refractivity contribution in [3.63, 3.8) is 0 Å². The number of piperidine rings is 1. The van der Waals surface area contributed by atoms with Crippen molar-refractivity contribution in [2.24, 2.45) is 5.73 Å². The number of carbonyl (C=O) groups is 1. The van der Waals surface area contributed by atoms with Gasteiger partial charge in [0, 0.05) is 19.1 Å². The molecule has 1 aromatic heterocycles. The largest absolute Gasteiger partial charge is 0.351 e. The first-order valence-electron chi connectivity index (χ1n) is 8.85. The Balaban J connectivity index is 1.92. The molecular weight excluding hydrogens is 354 g/mol. The number of nitrogens with two attached hydrogens (primary N) is 1. The van der Waals surface area contributed by atoms with Gasteiger partial charge in [-0.25, -0.2) is 13.8 Å². The van der Waals surface area contributed by atoms with Crippen LogP contribution in [0.1, 0.15) is 19.8 Å². The average molecular weight is 376 g/mol. The Bertz CT molecular complexity index is 877. The number of hydrogen-bond acceptors (Lipinski definition) is 5. The molecule has 27 heavy (non-hydrogen) atoms. The zero-order valence-corrected chi connectivity index (χ0v) is 15.0. The van der Waals surface area contributed by atoms with Crippen LogP contribution in [0.15, 0.2) is 18.2 Å². The normalized spacial score (nSPS) is 21.1. The Morgan fingerprint density at radius 3 is 3.04 bits per heavy atom. The minimum Gasteiger partial charge on any atom is -0.351 e. The number of aromatic nitrogens is 2. The molecule has 0 radical (unpaired) electrons. The summed E-state index contributed by atoms with van der Waals surface area (Å²) in [5, 5.41) is 11.5. The van der Waals surface area contributed by atoms with Crippen LogP contribution >= 0.6 is 0 Å². The van der Waals surface area contributed by atoms with E-state index in [1.807, 2.05) is 11.0 Å². The van der Waals surface area contributed by atoms with Crippen LogP contribution in [0.2, 0.25) is 0 Å². The first-order valence-corrected chi connectivity index (χ1v) is 8.85. The summed E-state index contributed by atoms with van der Waals surface area (Å²) in [7, 11) is 0. The number of anilines is 1. The van der Waals surface area contributed by atoms with Gasteiger partial charge in [0.2, 0.25) is 11.9 Å². The zero-order valence-electron chi connectivity index (χ0n) is 15.0. The van der Waals surface area contributed by atoms with Crippen molar-refractivity contribution in [1.82, 2.24) is 14.9 Å². The van der Waals surface area contributed by atoms with Gasteiger partial charge < -0.3 is 20.5 Å². The molecule has 0 bridgehead atoms. The lowest BCUT2D eigenvalue weighted by Crippen LogP contribution is -2.50. The highest BCUT2D eigenvalue weighted by Gasteiger charge is 2.29. The number of nitrogens with one attached hydrogen (secondary N) is 1. The summed E-state index contributed by atoms with van der Waals surface area (Å²) >= 11 is 0. The highest BCUT2D eigenvalue weighted by molar-refractivity contribution is 5.83. The van der Waals surface area contributed by atoms with E-state index in [1.54, 1.807) is 17.6 Å². The van der Waals surface area contributed by atoms with Crippen LogP contribution in [-0.2, 0) is 11.3 Å². The molecule has 2 heterocycles. The second-order valence-electron chi connectivity index (χ2n) is 6.88. The van der Waals surface area contributed by atoms with Crippen molar-refractivity contribution in [2.75, 3.05) is 18.0 Å². The molecule has 1 aliphatic heterocycles. The quantitative estimate of drug-likeness (QED) is 0.823. The van der Waals surface area contributed by atoms with Crippen molar-refractivity contribution in [3.8, 4) is 6.07 Å². The fourth-order valence-corrected chi connectivity index (χ4v) is 3.27. The fourth-order valence-electron chi connectivity index (χ4n) is 3.27. The Hall–Kier alpha value is -2.73. The van der Waals surface area contributed by atoms with E-state index in [0.29, 0.717) is 23.5 Å². The van der Waals surface area contributed by atoms with Gasteiger partial charge in [0.05, 0.1) is 29.6 Å². The smallest absolute Gasteiger partial charge is 0.240 e. The average Bonchev–Trinajstić information content (AvgIpc) is 2.95. The van der Waals surface area contributed by atoms with Gasteiger partial charge in [-0.3, -0.25) is 4.79 Å². The van der Waals surface area contributed by atoms with E-state index in [9.17, 15) is 13.6 Å². The van der Waals surface area contributed by atoms with Gasteiger partial charge in [-0.05, 0) is 31.5 Å². The molecule has 3 atom stereocenters. The summed E-state index contributed by atoms with van der Waals surface area (Å²) in [6, 6.07) is 5.22. The molecule has 1 saturated heterocycles. The number of amides is 1. The van der Waals surface area contributed by atoms with E-state index >= 15 is 0 Å². The van der Waals surface area contributed by atoms with Crippen LogP contribution in [0, 0.1) is 17.1 Å².